The van der Waals surface area contributed by atoms with Gasteiger partial charge in [-0.2, -0.15) is 0 Å². The number of halogens is 1. The number of fused-ring (bicyclic) bond motifs is 1. The van der Waals surface area contributed by atoms with Crippen molar-refractivity contribution in [1.82, 2.24) is 0 Å². The predicted molar refractivity (Wildman–Crippen MR) is 130 cm³/mol. The van der Waals surface area contributed by atoms with Crippen LogP contribution in [0.3, 0.4) is 0 Å². The van der Waals surface area contributed by atoms with Crippen LogP contribution in [0.25, 0.3) is 0 Å². The number of hydrogen-bond donors (Lipinski definition) is 3. The fourth-order valence-corrected chi connectivity index (χ4v) is 6.30. The van der Waals surface area contributed by atoms with Crippen LogP contribution in [0.2, 0.25) is 0 Å². The van der Waals surface area contributed by atoms with Crippen LogP contribution >= 0.6 is 0 Å². The molecule has 0 aromatic rings. The molecule has 0 saturated heterocycles. The second-order valence-electron chi connectivity index (χ2n) is 10.9. The maximum atomic E-state index is 9.99. The minimum atomic E-state index is -0.653. The molecule has 0 aromatic carbocycles. The van der Waals surface area contributed by atoms with Crippen LogP contribution < -0.4 is 0 Å². The molecule has 5 atom stereocenters. The molecule has 0 heterocycles. The molecule has 0 aromatic heterocycles. The number of rotatable bonds is 6. The minimum Gasteiger partial charge on any atom is -0.400 e. The summed E-state index contributed by atoms with van der Waals surface area (Å²) in [4.78, 5) is 0. The summed E-state index contributed by atoms with van der Waals surface area (Å²) in [5, 5.41) is 27.0. The van der Waals surface area contributed by atoms with Crippen molar-refractivity contribution in [3.63, 3.8) is 0 Å². The van der Waals surface area contributed by atoms with Crippen molar-refractivity contribution >= 4 is 0 Å². The quantitative estimate of drug-likeness (QED) is 0.479. The molecule has 0 spiro atoms. The zero-order valence-electron chi connectivity index (χ0n) is 21.1. The Morgan fingerprint density at radius 1 is 1.09 bits per heavy atom. The molecule has 188 valence electrons. The van der Waals surface area contributed by atoms with Gasteiger partial charge in [-0.25, -0.2) is 0 Å². The topological polar surface area (TPSA) is 69.9 Å². The third kappa shape index (κ3) is 7.93. The van der Waals surface area contributed by atoms with Gasteiger partial charge in [-0.15, -0.1) is 0 Å². The Balaban J connectivity index is 0.00000166. The highest BCUT2D eigenvalue weighted by Gasteiger charge is 2.48. The summed E-state index contributed by atoms with van der Waals surface area (Å²) in [7, 11) is 1.00. The maximum absolute atomic E-state index is 9.99. The first kappa shape index (κ1) is 29.3. The van der Waals surface area contributed by atoms with E-state index in [1.54, 1.807) is 5.57 Å². The molecule has 3 N–H and O–H groups in total. The van der Waals surface area contributed by atoms with E-state index in [0.29, 0.717) is 30.3 Å². The second-order valence-corrected chi connectivity index (χ2v) is 10.9. The van der Waals surface area contributed by atoms with E-state index in [9.17, 15) is 10.2 Å². The molecular formula is C27H49FO4. The molecule has 0 amide bonds. The molecule has 3 saturated carbocycles. The molecule has 5 heteroatoms. The largest absolute Gasteiger partial charge is 0.400 e. The van der Waals surface area contributed by atoms with Crippen molar-refractivity contribution < 1.29 is 24.8 Å². The zero-order chi connectivity index (χ0) is 23.1. The lowest BCUT2D eigenvalue weighted by atomic mass is 9.53. The highest BCUT2D eigenvalue weighted by Crippen LogP contribution is 2.56. The number of aliphatic hydroxyl groups is 3. The molecule has 3 aliphatic rings. The van der Waals surface area contributed by atoms with Gasteiger partial charge in [0.1, 0.15) is 0 Å². The molecule has 5 unspecified atom stereocenters. The van der Waals surface area contributed by atoms with Gasteiger partial charge in [-0.05, 0) is 102 Å². The van der Waals surface area contributed by atoms with Crippen LogP contribution in [0, 0.1) is 17.3 Å². The Bertz CT molecular complexity index is 609. The fourth-order valence-electron chi connectivity index (χ4n) is 6.30. The second kappa shape index (κ2) is 13.2. The molecule has 3 rings (SSSR count). The highest BCUT2D eigenvalue weighted by atomic mass is 19.0. The van der Waals surface area contributed by atoms with Gasteiger partial charge in [0, 0.05) is 13.7 Å². The average molecular weight is 457 g/mol. The average Bonchev–Trinajstić information content (AvgIpc) is 2.72. The monoisotopic (exact) mass is 456 g/mol. The Labute approximate surface area is 195 Å². The van der Waals surface area contributed by atoms with Gasteiger partial charge in [-0.1, -0.05) is 36.6 Å². The maximum Gasteiger partial charge on any atom is 0.0613 e. The SMILES string of the molecule is CC(OCCC(C)(C)O)C1CCCC2/C(=C/C=C3/CCCC(O)C3)CCCC21C.CO.F. The number of aliphatic hydroxyl groups excluding tert-OH is 2. The van der Waals surface area contributed by atoms with Crippen LogP contribution in [0.1, 0.15) is 98.3 Å². The molecule has 0 radical (unpaired) electrons. The highest BCUT2D eigenvalue weighted by molar-refractivity contribution is 5.25. The first-order chi connectivity index (χ1) is 14.7. The first-order valence-corrected chi connectivity index (χ1v) is 12.5. The van der Waals surface area contributed by atoms with Crippen molar-refractivity contribution in [3.05, 3.63) is 23.3 Å². The van der Waals surface area contributed by atoms with Crippen molar-refractivity contribution in [2.75, 3.05) is 13.7 Å². The predicted octanol–water partition coefficient (Wildman–Crippen LogP) is 5.71. The van der Waals surface area contributed by atoms with E-state index >= 15 is 0 Å². The summed E-state index contributed by atoms with van der Waals surface area (Å²) >= 11 is 0. The van der Waals surface area contributed by atoms with E-state index < -0.39 is 5.60 Å². The van der Waals surface area contributed by atoms with Gasteiger partial charge >= 0.3 is 0 Å². The fraction of sp³-hybridized carbons (Fsp3) is 0.852. The molecule has 4 nitrogen and oxygen atoms in total. The van der Waals surface area contributed by atoms with Crippen molar-refractivity contribution in [2.24, 2.45) is 17.3 Å². The van der Waals surface area contributed by atoms with Crippen molar-refractivity contribution in [3.8, 4) is 0 Å². The summed E-state index contributed by atoms with van der Waals surface area (Å²) in [6, 6.07) is 0. The van der Waals surface area contributed by atoms with Crippen molar-refractivity contribution in [2.45, 2.75) is 116 Å². The Morgan fingerprint density at radius 2 is 1.81 bits per heavy atom. The van der Waals surface area contributed by atoms with E-state index in [1.165, 1.54) is 44.1 Å². The lowest BCUT2D eigenvalue weighted by Gasteiger charge is -2.53. The zero-order valence-corrected chi connectivity index (χ0v) is 21.1. The van der Waals surface area contributed by atoms with Crippen LogP contribution in [0.4, 0.5) is 4.70 Å². The third-order valence-electron chi connectivity index (χ3n) is 8.01. The summed E-state index contributed by atoms with van der Waals surface area (Å²) < 4.78 is 6.25. The van der Waals surface area contributed by atoms with Gasteiger partial charge in [0.15, 0.2) is 0 Å². The molecular weight excluding hydrogens is 407 g/mol. The van der Waals surface area contributed by atoms with Crippen LogP contribution in [-0.2, 0) is 4.74 Å². The van der Waals surface area contributed by atoms with Gasteiger partial charge in [0.2, 0.25) is 0 Å². The van der Waals surface area contributed by atoms with Crippen LogP contribution in [0.5, 0.6) is 0 Å². The van der Waals surface area contributed by atoms with Gasteiger partial charge < -0.3 is 20.1 Å². The molecule has 3 fully saturated rings. The summed E-state index contributed by atoms with van der Waals surface area (Å²) in [6.07, 6.45) is 17.3. The summed E-state index contributed by atoms with van der Waals surface area (Å²) in [5.41, 5.74) is 2.74. The van der Waals surface area contributed by atoms with E-state index in [1.807, 2.05) is 13.8 Å². The van der Waals surface area contributed by atoms with Crippen LogP contribution in [-0.4, -0.2) is 46.8 Å². The Kier molecular flexibility index (Phi) is 12.1. The van der Waals surface area contributed by atoms with Gasteiger partial charge in [-0.3, -0.25) is 4.70 Å². The standard InChI is InChI=1S/C26H44O3.CH4O.FH/c1-19(29-17-16-25(2,3)28)23-11-6-12-24-21(9-7-15-26(23,24)4)14-13-20-8-5-10-22(27)18-20;1-2;/h13-14,19,22-24,27-28H,5-12,15-18H2,1-4H3;2H,1H3;1H/b20-13-,21-14+;;. The third-order valence-corrected chi connectivity index (χ3v) is 8.01. The van der Waals surface area contributed by atoms with E-state index in [-0.39, 0.29) is 16.9 Å². The van der Waals surface area contributed by atoms with Crippen LogP contribution in [0.15, 0.2) is 23.3 Å². The number of ether oxygens (including phenoxy) is 1. The lowest BCUT2D eigenvalue weighted by molar-refractivity contribution is -0.0814. The molecule has 32 heavy (non-hydrogen) atoms. The molecule has 0 bridgehead atoms. The van der Waals surface area contributed by atoms with E-state index in [0.717, 1.165) is 32.8 Å². The van der Waals surface area contributed by atoms with Crippen molar-refractivity contribution in [1.29, 1.82) is 0 Å². The number of hydrogen-bond acceptors (Lipinski definition) is 4. The normalized spacial score (nSPS) is 34.2. The smallest absolute Gasteiger partial charge is 0.0613 e. The molecule has 3 aliphatic carbocycles. The lowest BCUT2D eigenvalue weighted by Crippen LogP contribution is -2.47. The van der Waals surface area contributed by atoms with Gasteiger partial charge in [0.05, 0.1) is 17.8 Å². The van der Waals surface area contributed by atoms with Gasteiger partial charge in [0.25, 0.3) is 0 Å². The number of allylic oxidation sites excluding steroid dienone is 3. The summed E-state index contributed by atoms with van der Waals surface area (Å²) in [6.45, 7) is 9.13. The van der Waals surface area contributed by atoms with E-state index in [4.69, 9.17) is 9.84 Å². The Hall–Kier alpha value is -0.750. The minimum absolute atomic E-state index is 0. The molecule has 0 aliphatic heterocycles. The first-order valence-electron chi connectivity index (χ1n) is 12.5. The Morgan fingerprint density at radius 3 is 2.47 bits per heavy atom. The van der Waals surface area contributed by atoms with E-state index in [2.05, 4.69) is 26.0 Å². The summed E-state index contributed by atoms with van der Waals surface area (Å²) in [5.74, 6) is 1.26.